The van der Waals surface area contributed by atoms with Gasteiger partial charge in [-0.3, -0.25) is 9.59 Å². The fourth-order valence-electron chi connectivity index (χ4n) is 3.66. The number of methoxy groups -OCH3 is 1. The number of aliphatic hydroxyl groups excluding tert-OH is 1. The summed E-state index contributed by atoms with van der Waals surface area (Å²) in [6, 6.07) is 13.9. The van der Waals surface area contributed by atoms with Crippen LogP contribution in [0.25, 0.3) is 0 Å². The Morgan fingerprint density at radius 1 is 1.25 bits per heavy atom. The molecule has 2 aromatic carbocycles. The van der Waals surface area contributed by atoms with Crippen molar-refractivity contribution in [1.29, 1.82) is 0 Å². The highest BCUT2D eigenvalue weighted by Crippen LogP contribution is 2.37. The Balaban J connectivity index is 1.81. The third-order valence-corrected chi connectivity index (χ3v) is 5.56. The molecule has 2 aromatic rings. The lowest BCUT2D eigenvalue weighted by Crippen LogP contribution is -2.57. The minimum Gasteiger partial charge on any atom is -0.496 e. The van der Waals surface area contributed by atoms with Crippen LogP contribution in [0.2, 0.25) is 5.02 Å². The number of carboxylic acids is 1. The summed E-state index contributed by atoms with van der Waals surface area (Å²) in [5, 5.41) is 21.1. The number of carbonyl (C=O) groups is 2. The average molecular weight is 404 g/mol. The maximum Gasteiger partial charge on any atom is 0.312 e. The summed E-state index contributed by atoms with van der Waals surface area (Å²) < 4.78 is 5.23. The topological polar surface area (TPSA) is 87.1 Å². The van der Waals surface area contributed by atoms with E-state index in [1.165, 1.54) is 12.0 Å². The zero-order valence-corrected chi connectivity index (χ0v) is 16.2. The van der Waals surface area contributed by atoms with Crippen molar-refractivity contribution in [3.05, 3.63) is 64.7 Å². The van der Waals surface area contributed by atoms with E-state index in [2.05, 4.69) is 0 Å². The van der Waals surface area contributed by atoms with E-state index in [1.54, 1.807) is 18.2 Å². The molecule has 1 fully saturated rings. The minimum atomic E-state index is -1.33. The number of benzene rings is 2. The predicted molar refractivity (Wildman–Crippen MR) is 105 cm³/mol. The Labute approximate surface area is 168 Å². The van der Waals surface area contributed by atoms with Gasteiger partial charge in [0.1, 0.15) is 11.2 Å². The second-order valence-corrected chi connectivity index (χ2v) is 7.42. The first-order valence-corrected chi connectivity index (χ1v) is 9.33. The van der Waals surface area contributed by atoms with Crippen LogP contribution in [0.15, 0.2) is 48.5 Å². The van der Waals surface area contributed by atoms with Gasteiger partial charge in [-0.25, -0.2) is 0 Å². The van der Waals surface area contributed by atoms with Gasteiger partial charge >= 0.3 is 5.97 Å². The zero-order valence-electron chi connectivity index (χ0n) is 15.5. The van der Waals surface area contributed by atoms with E-state index in [-0.39, 0.29) is 31.8 Å². The van der Waals surface area contributed by atoms with E-state index in [0.29, 0.717) is 16.3 Å². The van der Waals surface area contributed by atoms with Gasteiger partial charge in [0.15, 0.2) is 0 Å². The maximum atomic E-state index is 12.9. The SMILES string of the molecule is COc1cc(Cl)ccc1C(=O)N1CC[C@](Cc2ccccc2)(C(=O)O)[C@H](O)C1. The molecule has 28 heavy (non-hydrogen) atoms. The lowest BCUT2D eigenvalue weighted by Gasteiger charge is -2.43. The summed E-state index contributed by atoms with van der Waals surface area (Å²) in [6.45, 7) is 0.157. The minimum absolute atomic E-state index is 0.0657. The normalized spacial score (nSPS) is 22.0. The number of rotatable bonds is 5. The molecule has 1 amide bonds. The van der Waals surface area contributed by atoms with E-state index in [9.17, 15) is 19.8 Å². The molecule has 2 atom stereocenters. The molecule has 6 nitrogen and oxygen atoms in total. The molecule has 0 bridgehead atoms. The number of halogens is 1. The molecule has 1 heterocycles. The second kappa shape index (κ2) is 8.20. The van der Waals surface area contributed by atoms with E-state index in [4.69, 9.17) is 16.3 Å². The van der Waals surface area contributed by atoms with Crippen molar-refractivity contribution in [2.24, 2.45) is 5.41 Å². The van der Waals surface area contributed by atoms with Crippen molar-refractivity contribution in [2.75, 3.05) is 20.2 Å². The first kappa shape index (κ1) is 20.2. The molecule has 0 radical (unpaired) electrons. The van der Waals surface area contributed by atoms with Crippen LogP contribution in [0.1, 0.15) is 22.3 Å². The number of aliphatic hydroxyl groups is 1. The van der Waals surface area contributed by atoms with Gasteiger partial charge in [0.05, 0.1) is 18.8 Å². The summed E-state index contributed by atoms with van der Waals surface area (Å²) in [5.74, 6) is -1.04. The molecule has 2 N–H and O–H groups in total. The number of ether oxygens (including phenoxy) is 1. The fourth-order valence-corrected chi connectivity index (χ4v) is 3.83. The molecule has 0 aliphatic carbocycles. The fraction of sp³-hybridized carbons (Fsp3) is 0.333. The van der Waals surface area contributed by atoms with Gasteiger partial charge in [0.2, 0.25) is 0 Å². The van der Waals surface area contributed by atoms with Crippen molar-refractivity contribution >= 4 is 23.5 Å². The summed E-state index contributed by atoms with van der Waals surface area (Å²) in [7, 11) is 1.45. The van der Waals surface area contributed by atoms with Crippen molar-refractivity contribution in [3.8, 4) is 5.75 Å². The van der Waals surface area contributed by atoms with Gasteiger partial charge < -0.3 is 19.8 Å². The highest BCUT2D eigenvalue weighted by atomic mass is 35.5. The quantitative estimate of drug-likeness (QED) is 0.801. The Bertz CT molecular complexity index is 872. The Kier molecular flexibility index (Phi) is 5.91. The second-order valence-electron chi connectivity index (χ2n) is 6.99. The molecule has 1 saturated heterocycles. The third-order valence-electron chi connectivity index (χ3n) is 5.33. The van der Waals surface area contributed by atoms with E-state index < -0.39 is 17.5 Å². The monoisotopic (exact) mass is 403 g/mol. The van der Waals surface area contributed by atoms with Crippen LogP contribution in [0, 0.1) is 5.41 Å². The number of likely N-dealkylation sites (tertiary alicyclic amines) is 1. The number of carbonyl (C=O) groups excluding carboxylic acids is 1. The van der Waals surface area contributed by atoms with Crippen LogP contribution in [0.4, 0.5) is 0 Å². The summed E-state index contributed by atoms with van der Waals surface area (Å²) in [5.41, 5.74) is -0.171. The number of carboxylic acid groups (broad SMARTS) is 1. The number of piperidine rings is 1. The van der Waals surface area contributed by atoms with Crippen LogP contribution in [-0.4, -0.2) is 53.3 Å². The zero-order chi connectivity index (χ0) is 20.3. The van der Waals surface area contributed by atoms with Gasteiger partial charge in [0, 0.05) is 18.1 Å². The van der Waals surface area contributed by atoms with Gasteiger partial charge in [-0.05, 0) is 36.6 Å². The van der Waals surface area contributed by atoms with Crippen molar-refractivity contribution in [1.82, 2.24) is 4.90 Å². The average Bonchev–Trinajstić information content (AvgIpc) is 2.69. The van der Waals surface area contributed by atoms with Crippen LogP contribution < -0.4 is 4.74 Å². The molecule has 148 valence electrons. The summed E-state index contributed by atoms with van der Waals surface area (Å²) >= 11 is 5.95. The van der Waals surface area contributed by atoms with Gasteiger partial charge in [-0.2, -0.15) is 0 Å². The molecular weight excluding hydrogens is 382 g/mol. The smallest absolute Gasteiger partial charge is 0.312 e. The first-order valence-electron chi connectivity index (χ1n) is 8.95. The molecule has 1 aliphatic heterocycles. The van der Waals surface area contributed by atoms with E-state index in [1.807, 2.05) is 30.3 Å². The number of hydrogen-bond acceptors (Lipinski definition) is 4. The van der Waals surface area contributed by atoms with Gasteiger partial charge in [-0.15, -0.1) is 0 Å². The highest BCUT2D eigenvalue weighted by Gasteiger charge is 2.49. The largest absolute Gasteiger partial charge is 0.496 e. The van der Waals surface area contributed by atoms with E-state index >= 15 is 0 Å². The number of nitrogens with zero attached hydrogens (tertiary/aromatic N) is 1. The third kappa shape index (κ3) is 3.84. The first-order chi connectivity index (χ1) is 13.4. The number of amides is 1. The maximum absolute atomic E-state index is 12.9. The highest BCUT2D eigenvalue weighted by molar-refractivity contribution is 6.30. The Morgan fingerprint density at radius 2 is 1.96 bits per heavy atom. The van der Waals surface area contributed by atoms with Crippen molar-refractivity contribution < 1.29 is 24.5 Å². The molecule has 0 unspecified atom stereocenters. The summed E-state index contributed by atoms with van der Waals surface area (Å²) in [6.07, 6.45) is -0.836. The molecule has 0 aromatic heterocycles. The molecule has 0 spiro atoms. The van der Waals surface area contributed by atoms with Crippen LogP contribution >= 0.6 is 11.6 Å². The van der Waals surface area contributed by atoms with Crippen molar-refractivity contribution in [3.63, 3.8) is 0 Å². The molecule has 7 heteroatoms. The number of β-amino-alcohol motifs (C(OH)–C–C–N with tert-alkyl or cyclic N) is 1. The predicted octanol–water partition coefficient (Wildman–Crippen LogP) is 2.87. The molecular formula is C21H22ClNO5. The van der Waals surface area contributed by atoms with Gasteiger partial charge in [0.25, 0.3) is 5.91 Å². The lowest BCUT2D eigenvalue weighted by molar-refractivity contribution is -0.161. The van der Waals surface area contributed by atoms with Crippen LogP contribution in [-0.2, 0) is 11.2 Å². The molecule has 0 saturated carbocycles. The summed E-state index contributed by atoms with van der Waals surface area (Å²) in [4.78, 5) is 26.5. The van der Waals surface area contributed by atoms with Crippen LogP contribution in [0.3, 0.4) is 0 Å². The van der Waals surface area contributed by atoms with Crippen LogP contribution in [0.5, 0.6) is 5.75 Å². The number of aliphatic carboxylic acids is 1. The molecule has 1 aliphatic rings. The van der Waals surface area contributed by atoms with Gasteiger partial charge in [-0.1, -0.05) is 41.9 Å². The Hall–Kier alpha value is -2.57. The standard InChI is InChI=1S/C21H22ClNO5/c1-28-17-11-15(22)7-8-16(17)19(25)23-10-9-21(20(26)27,18(24)13-23)12-14-5-3-2-4-6-14/h2-8,11,18,24H,9-10,12-13H2,1H3,(H,26,27)/t18-,21-/m1/s1. The van der Waals surface area contributed by atoms with E-state index in [0.717, 1.165) is 5.56 Å². The number of hydrogen-bond donors (Lipinski definition) is 2. The van der Waals surface area contributed by atoms with Crippen molar-refractivity contribution in [2.45, 2.75) is 18.9 Å². The lowest BCUT2D eigenvalue weighted by atomic mass is 9.71. The Morgan fingerprint density at radius 3 is 2.57 bits per heavy atom. The molecule has 3 rings (SSSR count).